The van der Waals surface area contributed by atoms with Crippen molar-refractivity contribution in [2.24, 2.45) is 0 Å². The predicted octanol–water partition coefficient (Wildman–Crippen LogP) is 1.97. The van der Waals surface area contributed by atoms with Crippen LogP contribution in [0, 0.1) is 5.82 Å². The second kappa shape index (κ2) is 8.41. The van der Waals surface area contributed by atoms with Gasteiger partial charge in [0, 0.05) is 6.42 Å². The molecule has 0 heterocycles. The molecule has 0 bridgehead atoms. The van der Waals surface area contributed by atoms with E-state index in [9.17, 15) is 19.4 Å². The van der Waals surface area contributed by atoms with Crippen molar-refractivity contribution in [1.29, 1.82) is 0 Å². The van der Waals surface area contributed by atoms with Gasteiger partial charge in [0.25, 0.3) is 0 Å². The summed E-state index contributed by atoms with van der Waals surface area (Å²) in [6.07, 6.45) is -0.440. The van der Waals surface area contributed by atoms with Crippen LogP contribution < -0.4 is 5.32 Å². The molecule has 2 unspecified atom stereocenters. The molecule has 1 amide bonds. The molecule has 4 nitrogen and oxygen atoms in total. The number of aliphatic hydroxyl groups excluding tert-OH is 2. The molecule has 2 aromatic rings. The molecular formula is C18H20FNO3. The van der Waals surface area contributed by atoms with Crippen molar-refractivity contribution in [1.82, 2.24) is 5.32 Å². The average Bonchev–Trinajstić information content (AvgIpc) is 2.58. The zero-order chi connectivity index (χ0) is 16.7. The third-order valence-corrected chi connectivity index (χ3v) is 3.60. The number of carbonyl (C=O) groups is 1. The van der Waals surface area contributed by atoms with Crippen molar-refractivity contribution < 1.29 is 19.4 Å². The van der Waals surface area contributed by atoms with E-state index >= 15 is 0 Å². The lowest BCUT2D eigenvalue weighted by atomic mass is 10.0. The Hall–Kier alpha value is -2.24. The van der Waals surface area contributed by atoms with Gasteiger partial charge in [-0.25, -0.2) is 4.39 Å². The average molecular weight is 317 g/mol. The number of hydrogen-bond acceptors (Lipinski definition) is 3. The quantitative estimate of drug-likeness (QED) is 0.731. The molecule has 0 saturated carbocycles. The first kappa shape index (κ1) is 17.1. The molecule has 0 aromatic heterocycles. The van der Waals surface area contributed by atoms with Crippen molar-refractivity contribution in [2.75, 3.05) is 6.61 Å². The van der Waals surface area contributed by atoms with Crippen molar-refractivity contribution in [3.63, 3.8) is 0 Å². The minimum atomic E-state index is -0.987. The maximum atomic E-state index is 13.1. The molecule has 0 aliphatic carbocycles. The van der Waals surface area contributed by atoms with Crippen LogP contribution in [0.5, 0.6) is 0 Å². The number of rotatable bonds is 7. The second-order valence-electron chi connectivity index (χ2n) is 5.34. The number of nitrogens with one attached hydrogen (secondary N) is 1. The van der Waals surface area contributed by atoms with E-state index in [-0.39, 0.29) is 24.8 Å². The summed E-state index contributed by atoms with van der Waals surface area (Å²) in [7, 11) is 0. The molecule has 23 heavy (non-hydrogen) atoms. The van der Waals surface area contributed by atoms with Crippen molar-refractivity contribution >= 4 is 5.91 Å². The molecule has 0 saturated heterocycles. The number of carbonyl (C=O) groups excluding carboxylic acids is 1. The highest BCUT2D eigenvalue weighted by Crippen LogP contribution is 2.16. The Balaban J connectivity index is 1.89. The number of aryl methyl sites for hydroxylation is 1. The van der Waals surface area contributed by atoms with E-state index in [4.69, 9.17) is 0 Å². The SMILES string of the molecule is O=C(CCc1cccc(F)c1)NC(CO)C(O)c1ccccc1. The third kappa shape index (κ3) is 5.16. The van der Waals surface area contributed by atoms with Gasteiger partial charge in [0.1, 0.15) is 11.9 Å². The Morgan fingerprint density at radius 1 is 1.13 bits per heavy atom. The number of benzene rings is 2. The monoisotopic (exact) mass is 317 g/mol. The molecule has 2 atom stereocenters. The molecule has 0 aliphatic heterocycles. The van der Waals surface area contributed by atoms with E-state index in [2.05, 4.69) is 5.32 Å². The fourth-order valence-corrected chi connectivity index (χ4v) is 2.34. The van der Waals surface area contributed by atoms with Gasteiger partial charge in [0.15, 0.2) is 0 Å². The smallest absolute Gasteiger partial charge is 0.220 e. The van der Waals surface area contributed by atoms with Crippen LogP contribution in [-0.4, -0.2) is 28.8 Å². The predicted molar refractivity (Wildman–Crippen MR) is 85.1 cm³/mol. The first-order chi connectivity index (χ1) is 11.1. The zero-order valence-electron chi connectivity index (χ0n) is 12.7. The molecule has 0 radical (unpaired) electrons. The van der Waals surface area contributed by atoms with E-state index in [0.29, 0.717) is 12.0 Å². The first-order valence-electron chi connectivity index (χ1n) is 7.48. The maximum absolute atomic E-state index is 13.1. The van der Waals surface area contributed by atoms with Crippen LogP contribution in [0.25, 0.3) is 0 Å². The highest BCUT2D eigenvalue weighted by atomic mass is 19.1. The summed E-state index contributed by atoms with van der Waals surface area (Å²) in [4.78, 5) is 12.0. The van der Waals surface area contributed by atoms with Crippen LogP contribution in [0.3, 0.4) is 0 Å². The summed E-state index contributed by atoms with van der Waals surface area (Å²) in [6, 6.07) is 14.1. The van der Waals surface area contributed by atoms with Crippen molar-refractivity contribution in [3.05, 3.63) is 71.5 Å². The van der Waals surface area contributed by atoms with Crippen LogP contribution in [0.1, 0.15) is 23.7 Å². The summed E-state index contributed by atoms with van der Waals surface area (Å²) in [5.74, 6) is -0.640. The molecular weight excluding hydrogens is 297 g/mol. The summed E-state index contributed by atoms with van der Waals surface area (Å²) in [5.41, 5.74) is 1.35. The minimum absolute atomic E-state index is 0.154. The fourth-order valence-electron chi connectivity index (χ4n) is 2.34. The van der Waals surface area contributed by atoms with Gasteiger partial charge in [0.05, 0.1) is 12.6 Å². The normalized spacial score (nSPS) is 13.3. The van der Waals surface area contributed by atoms with E-state index in [0.717, 1.165) is 5.56 Å². The fraction of sp³-hybridized carbons (Fsp3) is 0.278. The van der Waals surface area contributed by atoms with Gasteiger partial charge in [-0.3, -0.25) is 4.79 Å². The zero-order valence-corrected chi connectivity index (χ0v) is 12.7. The van der Waals surface area contributed by atoms with Crippen LogP contribution in [-0.2, 0) is 11.2 Å². The Kier molecular flexibility index (Phi) is 6.26. The van der Waals surface area contributed by atoms with E-state index in [1.807, 2.05) is 6.07 Å². The number of aliphatic hydroxyl groups is 2. The standard InChI is InChI=1S/C18H20FNO3/c19-15-8-4-5-13(11-15)9-10-17(22)20-16(12-21)18(23)14-6-2-1-3-7-14/h1-8,11,16,18,21,23H,9-10,12H2,(H,20,22). The Bertz CT molecular complexity index is 633. The number of amides is 1. The van der Waals surface area contributed by atoms with Crippen molar-refractivity contribution in [2.45, 2.75) is 25.0 Å². The molecule has 3 N–H and O–H groups in total. The Morgan fingerprint density at radius 2 is 1.87 bits per heavy atom. The van der Waals surface area contributed by atoms with Gasteiger partial charge >= 0.3 is 0 Å². The summed E-state index contributed by atoms with van der Waals surface area (Å²) >= 11 is 0. The molecule has 122 valence electrons. The lowest BCUT2D eigenvalue weighted by Crippen LogP contribution is -2.42. The summed E-state index contributed by atoms with van der Waals surface area (Å²) < 4.78 is 13.1. The third-order valence-electron chi connectivity index (χ3n) is 3.60. The molecule has 2 aromatic carbocycles. The van der Waals surface area contributed by atoms with Crippen molar-refractivity contribution in [3.8, 4) is 0 Å². The van der Waals surface area contributed by atoms with E-state index in [1.165, 1.54) is 12.1 Å². The largest absolute Gasteiger partial charge is 0.394 e. The highest BCUT2D eigenvalue weighted by molar-refractivity contribution is 5.76. The minimum Gasteiger partial charge on any atom is -0.394 e. The van der Waals surface area contributed by atoms with Crippen LogP contribution >= 0.6 is 0 Å². The van der Waals surface area contributed by atoms with E-state index in [1.54, 1.807) is 36.4 Å². The first-order valence-corrected chi connectivity index (χ1v) is 7.48. The second-order valence-corrected chi connectivity index (χ2v) is 5.34. The van der Waals surface area contributed by atoms with Gasteiger partial charge in [0.2, 0.25) is 5.91 Å². The lowest BCUT2D eigenvalue weighted by Gasteiger charge is -2.22. The van der Waals surface area contributed by atoms with Crippen LogP contribution in [0.2, 0.25) is 0 Å². The summed E-state index contributed by atoms with van der Waals surface area (Å²) in [5, 5.41) is 22.2. The van der Waals surface area contributed by atoms with Crippen LogP contribution in [0.4, 0.5) is 4.39 Å². The number of hydrogen-bond donors (Lipinski definition) is 3. The Labute approximate surface area is 134 Å². The molecule has 5 heteroatoms. The number of halogens is 1. The van der Waals surface area contributed by atoms with E-state index < -0.39 is 12.1 Å². The van der Waals surface area contributed by atoms with Gasteiger partial charge in [-0.15, -0.1) is 0 Å². The maximum Gasteiger partial charge on any atom is 0.220 e. The topological polar surface area (TPSA) is 69.6 Å². The summed E-state index contributed by atoms with van der Waals surface area (Å²) in [6.45, 7) is -0.373. The van der Waals surface area contributed by atoms with Gasteiger partial charge in [-0.05, 0) is 29.7 Å². The van der Waals surface area contributed by atoms with Gasteiger partial charge in [-0.1, -0.05) is 42.5 Å². The van der Waals surface area contributed by atoms with Gasteiger partial charge < -0.3 is 15.5 Å². The molecule has 0 spiro atoms. The van der Waals surface area contributed by atoms with Gasteiger partial charge in [-0.2, -0.15) is 0 Å². The Morgan fingerprint density at radius 3 is 2.52 bits per heavy atom. The highest BCUT2D eigenvalue weighted by Gasteiger charge is 2.21. The lowest BCUT2D eigenvalue weighted by molar-refractivity contribution is -0.123. The molecule has 2 rings (SSSR count). The molecule has 0 fully saturated rings. The van der Waals surface area contributed by atoms with Crippen LogP contribution in [0.15, 0.2) is 54.6 Å². The molecule has 0 aliphatic rings.